The number of pyridine rings is 1. The molecule has 1 aromatic heterocycles. The van der Waals surface area contributed by atoms with E-state index in [2.05, 4.69) is 41.5 Å². The molecule has 1 atom stereocenters. The molecule has 1 unspecified atom stereocenters. The van der Waals surface area contributed by atoms with Gasteiger partial charge in [-0.05, 0) is 61.4 Å². The monoisotopic (exact) mass is 252 g/mol. The van der Waals surface area contributed by atoms with Crippen LogP contribution in [0, 0.1) is 0 Å². The molecule has 0 saturated heterocycles. The highest BCUT2D eigenvalue weighted by molar-refractivity contribution is 5.44. The zero-order valence-electron chi connectivity index (χ0n) is 11.4. The van der Waals surface area contributed by atoms with Crippen LogP contribution in [0.1, 0.15) is 42.5 Å². The van der Waals surface area contributed by atoms with Gasteiger partial charge in [0.25, 0.3) is 0 Å². The maximum atomic E-state index is 4.14. The van der Waals surface area contributed by atoms with Crippen LogP contribution >= 0.6 is 0 Å². The van der Waals surface area contributed by atoms with Gasteiger partial charge in [-0.25, -0.2) is 0 Å². The predicted octanol–water partition coefficient (Wildman–Crippen LogP) is 4.13. The van der Waals surface area contributed by atoms with Crippen LogP contribution in [0.15, 0.2) is 42.7 Å². The summed E-state index contributed by atoms with van der Waals surface area (Å²) in [6.07, 6.45) is 8.84. The summed E-state index contributed by atoms with van der Waals surface area (Å²) in [6, 6.07) is 11.3. The van der Waals surface area contributed by atoms with Crippen molar-refractivity contribution >= 4 is 5.69 Å². The Balaban J connectivity index is 1.78. The average Bonchev–Trinajstić information content (AvgIpc) is 2.48. The molecule has 0 saturated carbocycles. The number of rotatable bonds is 3. The normalized spacial score (nSPS) is 15.6. The second-order valence-electron chi connectivity index (χ2n) is 5.34. The SMILES string of the molecule is CC(Nc1cccnc1)c1ccc2c(c1)CCCC2. The number of aromatic nitrogens is 1. The van der Waals surface area contributed by atoms with Gasteiger partial charge >= 0.3 is 0 Å². The van der Waals surface area contributed by atoms with Gasteiger partial charge in [-0.15, -0.1) is 0 Å². The van der Waals surface area contributed by atoms with Gasteiger partial charge in [-0.1, -0.05) is 18.2 Å². The van der Waals surface area contributed by atoms with Gasteiger partial charge in [0.15, 0.2) is 0 Å². The van der Waals surface area contributed by atoms with E-state index >= 15 is 0 Å². The van der Waals surface area contributed by atoms with Crippen LogP contribution in [0.2, 0.25) is 0 Å². The Bertz CT molecular complexity index is 548. The van der Waals surface area contributed by atoms with E-state index in [9.17, 15) is 0 Å². The van der Waals surface area contributed by atoms with E-state index in [0.717, 1.165) is 5.69 Å². The molecular formula is C17H20N2. The summed E-state index contributed by atoms with van der Waals surface area (Å²) in [6.45, 7) is 2.21. The molecule has 0 amide bonds. The third-order valence-corrected chi connectivity index (χ3v) is 3.92. The molecule has 1 aliphatic carbocycles. The molecule has 19 heavy (non-hydrogen) atoms. The van der Waals surface area contributed by atoms with Crippen molar-refractivity contribution in [1.82, 2.24) is 4.98 Å². The van der Waals surface area contributed by atoms with Gasteiger partial charge in [0.2, 0.25) is 0 Å². The smallest absolute Gasteiger partial charge is 0.0531 e. The molecule has 1 aliphatic rings. The zero-order chi connectivity index (χ0) is 13.1. The van der Waals surface area contributed by atoms with Crippen molar-refractivity contribution in [3.05, 3.63) is 59.4 Å². The van der Waals surface area contributed by atoms with Crippen LogP contribution in [-0.4, -0.2) is 4.98 Å². The maximum Gasteiger partial charge on any atom is 0.0531 e. The average molecular weight is 252 g/mol. The second kappa shape index (κ2) is 5.43. The number of hydrogen-bond acceptors (Lipinski definition) is 2. The highest BCUT2D eigenvalue weighted by Crippen LogP contribution is 2.26. The minimum atomic E-state index is 0.316. The number of hydrogen-bond donors (Lipinski definition) is 1. The van der Waals surface area contributed by atoms with Crippen molar-refractivity contribution in [3.63, 3.8) is 0 Å². The van der Waals surface area contributed by atoms with Crippen molar-refractivity contribution in [2.75, 3.05) is 5.32 Å². The molecule has 0 aliphatic heterocycles. The number of nitrogens with one attached hydrogen (secondary N) is 1. The molecule has 3 rings (SSSR count). The molecule has 98 valence electrons. The standard InChI is InChI=1S/C17H20N2/c1-13(19-17-7-4-10-18-12-17)15-9-8-14-5-2-3-6-16(14)11-15/h4,7-13,19H,2-3,5-6H2,1H3. The van der Waals surface area contributed by atoms with Crippen LogP contribution in [0.5, 0.6) is 0 Å². The number of nitrogens with zero attached hydrogens (tertiary/aromatic N) is 1. The quantitative estimate of drug-likeness (QED) is 0.888. The van der Waals surface area contributed by atoms with Crippen molar-refractivity contribution in [2.45, 2.75) is 38.6 Å². The Kier molecular flexibility index (Phi) is 3.49. The Labute approximate surface area is 114 Å². The first-order chi connectivity index (χ1) is 9.33. The molecule has 0 spiro atoms. The molecule has 0 fully saturated rings. The van der Waals surface area contributed by atoms with Gasteiger partial charge in [0, 0.05) is 18.4 Å². The van der Waals surface area contributed by atoms with Crippen molar-refractivity contribution < 1.29 is 0 Å². The topological polar surface area (TPSA) is 24.9 Å². The Morgan fingerprint density at radius 1 is 1.11 bits per heavy atom. The number of fused-ring (bicyclic) bond motifs is 1. The fourth-order valence-electron chi connectivity index (χ4n) is 2.80. The lowest BCUT2D eigenvalue weighted by atomic mass is 9.89. The molecule has 1 heterocycles. The summed E-state index contributed by atoms with van der Waals surface area (Å²) in [5, 5.41) is 3.50. The Morgan fingerprint density at radius 3 is 2.74 bits per heavy atom. The molecule has 2 heteroatoms. The van der Waals surface area contributed by atoms with Crippen molar-refractivity contribution in [2.24, 2.45) is 0 Å². The van der Waals surface area contributed by atoms with Gasteiger partial charge in [0.05, 0.1) is 5.69 Å². The van der Waals surface area contributed by atoms with Crippen LogP contribution in [0.3, 0.4) is 0 Å². The summed E-state index contributed by atoms with van der Waals surface area (Å²) in [4.78, 5) is 4.14. The lowest BCUT2D eigenvalue weighted by Crippen LogP contribution is -2.09. The molecule has 0 radical (unpaired) electrons. The van der Waals surface area contributed by atoms with E-state index < -0.39 is 0 Å². The summed E-state index contributed by atoms with van der Waals surface area (Å²) < 4.78 is 0. The third-order valence-electron chi connectivity index (χ3n) is 3.92. The first kappa shape index (κ1) is 12.2. The van der Waals surface area contributed by atoms with E-state index in [1.807, 2.05) is 12.3 Å². The summed E-state index contributed by atoms with van der Waals surface area (Å²) in [5.74, 6) is 0. The molecule has 2 nitrogen and oxygen atoms in total. The van der Waals surface area contributed by atoms with E-state index in [1.54, 1.807) is 17.3 Å². The fourth-order valence-corrected chi connectivity index (χ4v) is 2.80. The summed E-state index contributed by atoms with van der Waals surface area (Å²) in [7, 11) is 0. The summed E-state index contributed by atoms with van der Waals surface area (Å²) in [5.41, 5.74) is 5.53. The Morgan fingerprint density at radius 2 is 1.95 bits per heavy atom. The van der Waals surface area contributed by atoms with E-state index in [0.29, 0.717) is 6.04 Å². The van der Waals surface area contributed by atoms with Crippen LogP contribution in [0.25, 0.3) is 0 Å². The number of aryl methyl sites for hydroxylation is 2. The van der Waals surface area contributed by atoms with Crippen LogP contribution < -0.4 is 5.32 Å². The van der Waals surface area contributed by atoms with Crippen LogP contribution in [0.4, 0.5) is 5.69 Å². The molecular weight excluding hydrogens is 232 g/mol. The third kappa shape index (κ3) is 2.78. The fraction of sp³-hybridized carbons (Fsp3) is 0.353. The van der Waals surface area contributed by atoms with Gasteiger partial charge in [0.1, 0.15) is 0 Å². The minimum Gasteiger partial charge on any atom is -0.377 e. The lowest BCUT2D eigenvalue weighted by Gasteiger charge is -2.20. The molecule has 2 aromatic rings. The Hall–Kier alpha value is -1.83. The van der Waals surface area contributed by atoms with Crippen LogP contribution in [-0.2, 0) is 12.8 Å². The number of anilines is 1. The van der Waals surface area contributed by atoms with Crippen molar-refractivity contribution in [3.8, 4) is 0 Å². The number of benzene rings is 1. The first-order valence-corrected chi connectivity index (χ1v) is 7.11. The van der Waals surface area contributed by atoms with E-state index in [4.69, 9.17) is 0 Å². The minimum absolute atomic E-state index is 0.316. The van der Waals surface area contributed by atoms with Gasteiger partial charge < -0.3 is 5.32 Å². The maximum absolute atomic E-state index is 4.14. The first-order valence-electron chi connectivity index (χ1n) is 7.11. The van der Waals surface area contributed by atoms with Gasteiger partial charge in [-0.3, -0.25) is 4.98 Å². The van der Waals surface area contributed by atoms with E-state index in [1.165, 1.54) is 31.2 Å². The lowest BCUT2D eigenvalue weighted by molar-refractivity contribution is 0.683. The zero-order valence-corrected chi connectivity index (χ0v) is 11.4. The van der Waals surface area contributed by atoms with Crippen molar-refractivity contribution in [1.29, 1.82) is 0 Å². The summed E-state index contributed by atoms with van der Waals surface area (Å²) >= 11 is 0. The predicted molar refractivity (Wildman–Crippen MR) is 79.4 cm³/mol. The second-order valence-corrected chi connectivity index (χ2v) is 5.34. The largest absolute Gasteiger partial charge is 0.377 e. The molecule has 0 bridgehead atoms. The highest BCUT2D eigenvalue weighted by Gasteiger charge is 2.12. The van der Waals surface area contributed by atoms with Gasteiger partial charge in [-0.2, -0.15) is 0 Å². The molecule has 1 aromatic carbocycles. The molecule has 1 N–H and O–H groups in total. The van der Waals surface area contributed by atoms with E-state index in [-0.39, 0.29) is 0 Å². The highest BCUT2D eigenvalue weighted by atomic mass is 14.9.